The Labute approximate surface area is 99.3 Å². The molecule has 1 aliphatic carbocycles. The average molecular weight is 248 g/mol. The van der Waals surface area contributed by atoms with Gasteiger partial charge in [-0.2, -0.15) is 0 Å². The summed E-state index contributed by atoms with van der Waals surface area (Å²) in [6.07, 6.45) is 5.01. The number of sulfone groups is 1. The summed E-state index contributed by atoms with van der Waals surface area (Å²) in [6.45, 7) is 3.81. The average Bonchev–Trinajstić information content (AvgIpc) is 2.96. The minimum atomic E-state index is -2.83. The Bertz CT molecular complexity index is 299. The molecule has 0 aromatic heterocycles. The Morgan fingerprint density at radius 2 is 2.06 bits per heavy atom. The first kappa shape index (κ1) is 13.9. The molecule has 5 heteroatoms. The molecule has 0 amide bonds. The monoisotopic (exact) mass is 248 g/mol. The lowest BCUT2D eigenvalue weighted by atomic mass is 10.2. The Hall–Kier alpha value is -0.130. The molecule has 1 fully saturated rings. The van der Waals surface area contributed by atoms with Crippen LogP contribution in [-0.4, -0.2) is 57.5 Å². The zero-order valence-corrected chi connectivity index (χ0v) is 11.4. The molecule has 96 valence electrons. The molecule has 1 unspecified atom stereocenters. The van der Waals surface area contributed by atoms with Gasteiger partial charge in [-0.1, -0.05) is 0 Å². The van der Waals surface area contributed by atoms with Crippen LogP contribution in [0, 0.1) is 0 Å². The van der Waals surface area contributed by atoms with E-state index in [4.69, 9.17) is 0 Å². The molecule has 0 saturated heterocycles. The second-order valence-corrected chi connectivity index (χ2v) is 7.24. The van der Waals surface area contributed by atoms with Crippen LogP contribution >= 0.6 is 0 Å². The van der Waals surface area contributed by atoms with Crippen molar-refractivity contribution in [2.24, 2.45) is 0 Å². The van der Waals surface area contributed by atoms with Crippen molar-refractivity contribution >= 4 is 9.84 Å². The van der Waals surface area contributed by atoms with Gasteiger partial charge in [0.2, 0.25) is 0 Å². The van der Waals surface area contributed by atoms with Crippen LogP contribution in [0.25, 0.3) is 0 Å². The fourth-order valence-corrected chi connectivity index (χ4v) is 2.15. The van der Waals surface area contributed by atoms with Crippen molar-refractivity contribution in [2.45, 2.75) is 38.3 Å². The van der Waals surface area contributed by atoms with Crippen molar-refractivity contribution < 1.29 is 8.42 Å². The summed E-state index contributed by atoms with van der Waals surface area (Å²) in [7, 11) is -0.841. The zero-order chi connectivity index (χ0) is 12.2. The number of hydrogen-bond acceptors (Lipinski definition) is 4. The van der Waals surface area contributed by atoms with Crippen LogP contribution in [0.5, 0.6) is 0 Å². The maximum Gasteiger partial charge on any atom is 0.148 e. The number of nitrogens with one attached hydrogen (secondary N) is 1. The van der Waals surface area contributed by atoms with E-state index in [9.17, 15) is 8.42 Å². The van der Waals surface area contributed by atoms with Gasteiger partial charge in [-0.25, -0.2) is 8.42 Å². The molecule has 16 heavy (non-hydrogen) atoms. The van der Waals surface area contributed by atoms with E-state index < -0.39 is 9.84 Å². The van der Waals surface area contributed by atoms with E-state index in [2.05, 4.69) is 17.1 Å². The van der Waals surface area contributed by atoms with Gasteiger partial charge < -0.3 is 10.2 Å². The number of nitrogens with zero attached hydrogens (tertiary/aromatic N) is 1. The minimum absolute atomic E-state index is 0.254. The molecule has 1 N–H and O–H groups in total. The van der Waals surface area contributed by atoms with Gasteiger partial charge in [0.1, 0.15) is 9.84 Å². The van der Waals surface area contributed by atoms with Gasteiger partial charge >= 0.3 is 0 Å². The fraction of sp³-hybridized carbons (Fsp3) is 1.00. The van der Waals surface area contributed by atoms with Crippen molar-refractivity contribution in [1.29, 1.82) is 0 Å². The molecule has 0 heterocycles. The van der Waals surface area contributed by atoms with Crippen LogP contribution in [0.3, 0.4) is 0 Å². The topological polar surface area (TPSA) is 49.4 Å². The predicted molar refractivity (Wildman–Crippen MR) is 67.4 cm³/mol. The predicted octanol–water partition coefficient (Wildman–Crippen LogP) is 0.493. The van der Waals surface area contributed by atoms with E-state index in [0.29, 0.717) is 12.6 Å². The summed E-state index contributed by atoms with van der Waals surface area (Å²) in [6, 6.07) is 1.20. The first-order chi connectivity index (χ1) is 7.38. The van der Waals surface area contributed by atoms with E-state index in [-0.39, 0.29) is 5.75 Å². The van der Waals surface area contributed by atoms with Gasteiger partial charge in [0, 0.05) is 24.9 Å². The molecular formula is C11H24N2O2S. The SMILES string of the molecule is CC(CCNC1CC1)N(C)CCS(C)(=O)=O. The van der Waals surface area contributed by atoms with Crippen molar-refractivity contribution in [3.05, 3.63) is 0 Å². The number of hydrogen-bond donors (Lipinski definition) is 1. The van der Waals surface area contributed by atoms with E-state index in [1.165, 1.54) is 19.1 Å². The molecule has 0 bridgehead atoms. The highest BCUT2D eigenvalue weighted by Gasteiger charge is 2.20. The third-order valence-electron chi connectivity index (χ3n) is 3.14. The van der Waals surface area contributed by atoms with Gasteiger partial charge in [0.25, 0.3) is 0 Å². The maximum absolute atomic E-state index is 11.0. The summed E-state index contributed by atoms with van der Waals surface area (Å²) in [5.74, 6) is 0.254. The normalized spacial score (nSPS) is 19.0. The maximum atomic E-state index is 11.0. The summed E-state index contributed by atoms with van der Waals surface area (Å²) in [5, 5.41) is 3.47. The highest BCUT2D eigenvalue weighted by molar-refractivity contribution is 7.90. The van der Waals surface area contributed by atoms with Crippen molar-refractivity contribution in [3.8, 4) is 0 Å². The second-order valence-electron chi connectivity index (χ2n) is 4.98. The molecule has 1 saturated carbocycles. The summed E-state index contributed by atoms with van der Waals surface area (Å²) in [5.41, 5.74) is 0. The highest BCUT2D eigenvalue weighted by Crippen LogP contribution is 2.18. The highest BCUT2D eigenvalue weighted by atomic mass is 32.2. The van der Waals surface area contributed by atoms with Crippen LogP contribution in [0.4, 0.5) is 0 Å². The van der Waals surface area contributed by atoms with Crippen LogP contribution < -0.4 is 5.32 Å². The van der Waals surface area contributed by atoms with Gasteiger partial charge in [-0.3, -0.25) is 0 Å². The fourth-order valence-electron chi connectivity index (χ4n) is 1.53. The Morgan fingerprint density at radius 3 is 2.56 bits per heavy atom. The Kier molecular flexibility index (Phi) is 5.21. The minimum Gasteiger partial charge on any atom is -0.314 e. The molecule has 0 aromatic rings. The lowest BCUT2D eigenvalue weighted by Crippen LogP contribution is -2.35. The molecule has 0 radical (unpaired) electrons. The largest absolute Gasteiger partial charge is 0.314 e. The quantitative estimate of drug-likeness (QED) is 0.679. The van der Waals surface area contributed by atoms with Gasteiger partial charge in [-0.05, 0) is 39.8 Å². The van der Waals surface area contributed by atoms with Crippen molar-refractivity contribution in [3.63, 3.8) is 0 Å². The molecule has 4 nitrogen and oxygen atoms in total. The van der Waals surface area contributed by atoms with Gasteiger partial charge in [0.15, 0.2) is 0 Å². The van der Waals surface area contributed by atoms with Crippen LogP contribution in [0.2, 0.25) is 0 Å². The van der Waals surface area contributed by atoms with E-state index >= 15 is 0 Å². The van der Waals surface area contributed by atoms with Crippen LogP contribution in [0.1, 0.15) is 26.2 Å². The zero-order valence-electron chi connectivity index (χ0n) is 10.6. The van der Waals surface area contributed by atoms with Crippen LogP contribution in [-0.2, 0) is 9.84 Å². The Balaban J connectivity index is 2.10. The summed E-state index contributed by atoms with van der Waals surface area (Å²) >= 11 is 0. The van der Waals surface area contributed by atoms with E-state index in [1.807, 2.05) is 7.05 Å². The van der Waals surface area contributed by atoms with Crippen LogP contribution in [0.15, 0.2) is 0 Å². The molecular weight excluding hydrogens is 224 g/mol. The third kappa shape index (κ3) is 6.45. The number of rotatable bonds is 8. The van der Waals surface area contributed by atoms with E-state index in [1.54, 1.807) is 0 Å². The molecule has 1 rings (SSSR count). The lowest BCUT2D eigenvalue weighted by molar-refractivity contribution is 0.257. The molecule has 1 atom stereocenters. The Morgan fingerprint density at radius 1 is 1.44 bits per heavy atom. The molecule has 0 aromatic carbocycles. The van der Waals surface area contributed by atoms with E-state index in [0.717, 1.165) is 19.0 Å². The first-order valence-electron chi connectivity index (χ1n) is 6.00. The third-order valence-corrected chi connectivity index (χ3v) is 4.06. The standard InChI is InChI=1S/C11H24N2O2S/c1-10(6-7-12-11-4-5-11)13(2)8-9-16(3,14)15/h10-12H,4-9H2,1-3H3. The molecule has 0 spiro atoms. The summed E-state index contributed by atoms with van der Waals surface area (Å²) in [4.78, 5) is 2.12. The second kappa shape index (κ2) is 5.98. The summed E-state index contributed by atoms with van der Waals surface area (Å²) < 4.78 is 22.1. The van der Waals surface area contributed by atoms with Gasteiger partial charge in [-0.15, -0.1) is 0 Å². The van der Waals surface area contributed by atoms with Gasteiger partial charge in [0.05, 0.1) is 5.75 Å². The van der Waals surface area contributed by atoms with Crippen molar-refractivity contribution in [2.75, 3.05) is 32.1 Å². The van der Waals surface area contributed by atoms with Crippen molar-refractivity contribution in [1.82, 2.24) is 10.2 Å². The molecule has 0 aliphatic heterocycles. The lowest BCUT2D eigenvalue weighted by Gasteiger charge is -2.24. The smallest absolute Gasteiger partial charge is 0.148 e. The molecule has 1 aliphatic rings. The first-order valence-corrected chi connectivity index (χ1v) is 8.06.